The fourth-order valence-electron chi connectivity index (χ4n) is 2.94. The third-order valence-corrected chi connectivity index (χ3v) is 6.34. The summed E-state index contributed by atoms with van der Waals surface area (Å²) in [5.74, 6) is -0.333. The fourth-order valence-corrected chi connectivity index (χ4v) is 4.46. The number of hydrogen-bond acceptors (Lipinski definition) is 5. The molecule has 3 rings (SSSR count). The van der Waals surface area contributed by atoms with E-state index in [2.05, 4.69) is 10.4 Å². The average Bonchev–Trinajstić information content (AvgIpc) is 3.20. The van der Waals surface area contributed by atoms with E-state index in [0.29, 0.717) is 18.7 Å². The summed E-state index contributed by atoms with van der Waals surface area (Å²) in [6.45, 7) is 3.36. The lowest BCUT2D eigenvalue weighted by Gasteiger charge is -2.15. The summed E-state index contributed by atoms with van der Waals surface area (Å²) < 4.78 is 27.7. The molecule has 0 radical (unpaired) electrons. The van der Waals surface area contributed by atoms with Crippen molar-refractivity contribution in [2.45, 2.75) is 31.2 Å². The van der Waals surface area contributed by atoms with Crippen LogP contribution in [0.2, 0.25) is 0 Å². The van der Waals surface area contributed by atoms with Gasteiger partial charge in [0.25, 0.3) is 11.5 Å². The van der Waals surface area contributed by atoms with Crippen molar-refractivity contribution in [1.29, 1.82) is 0 Å². The summed E-state index contributed by atoms with van der Waals surface area (Å²) in [7, 11) is -3.49. The first-order valence-electron chi connectivity index (χ1n) is 8.81. The number of nitrogens with one attached hydrogen (secondary N) is 1. The molecule has 1 aromatic carbocycles. The third-order valence-electron chi connectivity index (χ3n) is 4.43. The highest BCUT2D eigenvalue weighted by molar-refractivity contribution is 7.89. The van der Waals surface area contributed by atoms with Crippen molar-refractivity contribution in [1.82, 2.24) is 19.4 Å². The molecule has 2 aromatic rings. The van der Waals surface area contributed by atoms with Crippen molar-refractivity contribution in [2.24, 2.45) is 0 Å². The van der Waals surface area contributed by atoms with Gasteiger partial charge in [-0.25, -0.2) is 13.1 Å². The molecule has 0 saturated carbocycles. The van der Waals surface area contributed by atoms with Crippen molar-refractivity contribution in [2.75, 3.05) is 19.6 Å². The Hall–Kier alpha value is -2.52. The SMILES string of the molecule is Cc1ccc(=O)n(CCNC(=O)c2ccc(S(=O)(=O)N3CCCC3)cc2)n1. The van der Waals surface area contributed by atoms with Gasteiger partial charge in [0, 0.05) is 31.3 Å². The van der Waals surface area contributed by atoms with Gasteiger partial charge in [-0.15, -0.1) is 0 Å². The van der Waals surface area contributed by atoms with E-state index in [0.717, 1.165) is 18.5 Å². The molecule has 144 valence electrons. The molecule has 2 heterocycles. The molecule has 0 aliphatic carbocycles. The Morgan fingerprint density at radius 2 is 1.78 bits per heavy atom. The number of amides is 1. The minimum Gasteiger partial charge on any atom is -0.350 e. The molecule has 1 fully saturated rings. The summed E-state index contributed by atoms with van der Waals surface area (Å²) in [4.78, 5) is 24.1. The van der Waals surface area contributed by atoms with Crippen LogP contribution in [0.1, 0.15) is 28.9 Å². The highest BCUT2D eigenvalue weighted by Gasteiger charge is 2.27. The maximum atomic E-state index is 12.5. The molecule has 0 spiro atoms. The largest absolute Gasteiger partial charge is 0.350 e. The van der Waals surface area contributed by atoms with Crippen LogP contribution in [0.15, 0.2) is 46.1 Å². The Morgan fingerprint density at radius 3 is 2.44 bits per heavy atom. The Kier molecular flexibility index (Phi) is 5.71. The standard InChI is InChI=1S/C18H22N4O4S/c1-14-4-9-17(23)22(20-14)13-10-19-18(24)15-5-7-16(8-6-15)27(25,26)21-11-2-3-12-21/h4-9H,2-3,10-13H2,1H3,(H,19,24). The quantitative estimate of drug-likeness (QED) is 0.785. The molecule has 0 bridgehead atoms. The van der Waals surface area contributed by atoms with E-state index in [1.54, 1.807) is 13.0 Å². The van der Waals surface area contributed by atoms with Gasteiger partial charge in [0.2, 0.25) is 10.0 Å². The van der Waals surface area contributed by atoms with Gasteiger partial charge in [-0.3, -0.25) is 9.59 Å². The average molecular weight is 390 g/mol. The summed E-state index contributed by atoms with van der Waals surface area (Å²) in [5.41, 5.74) is 0.849. The van der Waals surface area contributed by atoms with Crippen LogP contribution in [0.25, 0.3) is 0 Å². The number of sulfonamides is 1. The zero-order valence-electron chi connectivity index (χ0n) is 15.1. The molecule has 9 heteroatoms. The zero-order chi connectivity index (χ0) is 19.4. The lowest BCUT2D eigenvalue weighted by Crippen LogP contribution is -2.32. The Bertz CT molecular complexity index is 977. The van der Waals surface area contributed by atoms with Gasteiger partial charge in [0.05, 0.1) is 17.1 Å². The monoisotopic (exact) mass is 390 g/mol. The number of hydrogen-bond donors (Lipinski definition) is 1. The number of aromatic nitrogens is 2. The van der Waals surface area contributed by atoms with Gasteiger partial charge in [0.15, 0.2) is 0 Å². The van der Waals surface area contributed by atoms with E-state index in [4.69, 9.17) is 0 Å². The molecule has 0 atom stereocenters. The molecule has 1 aromatic heterocycles. The first-order valence-corrected chi connectivity index (χ1v) is 10.2. The molecular weight excluding hydrogens is 368 g/mol. The zero-order valence-corrected chi connectivity index (χ0v) is 15.9. The summed E-state index contributed by atoms with van der Waals surface area (Å²) in [5, 5.41) is 6.81. The summed E-state index contributed by atoms with van der Waals surface area (Å²) >= 11 is 0. The summed E-state index contributed by atoms with van der Waals surface area (Å²) in [6, 6.07) is 8.97. The lowest BCUT2D eigenvalue weighted by molar-refractivity contribution is 0.0951. The highest BCUT2D eigenvalue weighted by Crippen LogP contribution is 2.21. The van der Waals surface area contributed by atoms with Crippen LogP contribution in [-0.2, 0) is 16.6 Å². The number of carbonyl (C=O) groups is 1. The second kappa shape index (κ2) is 8.01. The Labute approximate surface area is 157 Å². The third kappa shape index (κ3) is 4.42. The molecule has 1 aliphatic heterocycles. The van der Waals surface area contributed by atoms with E-state index in [-0.39, 0.29) is 29.5 Å². The topological polar surface area (TPSA) is 101 Å². The van der Waals surface area contributed by atoms with E-state index >= 15 is 0 Å². The molecule has 1 amide bonds. The van der Waals surface area contributed by atoms with E-state index in [1.807, 2.05) is 0 Å². The summed E-state index contributed by atoms with van der Waals surface area (Å²) in [6.07, 6.45) is 1.75. The number of rotatable bonds is 6. The number of aryl methyl sites for hydroxylation is 1. The second-order valence-corrected chi connectivity index (χ2v) is 8.37. The number of carbonyl (C=O) groups excluding carboxylic acids is 1. The number of nitrogens with zero attached hydrogens (tertiary/aromatic N) is 3. The van der Waals surface area contributed by atoms with Gasteiger partial charge < -0.3 is 5.32 Å². The molecule has 0 unspecified atom stereocenters. The molecular formula is C18H22N4O4S. The molecule has 1 saturated heterocycles. The predicted octanol–water partition coefficient (Wildman–Crippen LogP) is 0.766. The van der Waals surface area contributed by atoms with Crippen LogP contribution in [0, 0.1) is 6.92 Å². The van der Waals surface area contributed by atoms with Crippen LogP contribution in [0.5, 0.6) is 0 Å². The fraction of sp³-hybridized carbons (Fsp3) is 0.389. The van der Waals surface area contributed by atoms with Crippen molar-refractivity contribution in [3.8, 4) is 0 Å². The highest BCUT2D eigenvalue weighted by atomic mass is 32.2. The van der Waals surface area contributed by atoms with Crippen LogP contribution < -0.4 is 10.9 Å². The predicted molar refractivity (Wildman–Crippen MR) is 100 cm³/mol. The van der Waals surface area contributed by atoms with Gasteiger partial charge in [0.1, 0.15) is 0 Å². The van der Waals surface area contributed by atoms with Crippen LogP contribution >= 0.6 is 0 Å². The lowest BCUT2D eigenvalue weighted by atomic mass is 10.2. The second-order valence-electron chi connectivity index (χ2n) is 6.43. The van der Waals surface area contributed by atoms with E-state index < -0.39 is 10.0 Å². The minimum atomic E-state index is -3.49. The van der Waals surface area contributed by atoms with Crippen LogP contribution in [-0.4, -0.2) is 48.0 Å². The van der Waals surface area contributed by atoms with Crippen molar-refractivity contribution < 1.29 is 13.2 Å². The molecule has 8 nitrogen and oxygen atoms in total. The van der Waals surface area contributed by atoms with Gasteiger partial charge >= 0.3 is 0 Å². The normalized spacial score (nSPS) is 15.0. The van der Waals surface area contributed by atoms with Gasteiger partial charge in [-0.05, 0) is 50.1 Å². The van der Waals surface area contributed by atoms with Gasteiger partial charge in [-0.1, -0.05) is 0 Å². The van der Waals surface area contributed by atoms with Gasteiger partial charge in [-0.2, -0.15) is 9.40 Å². The van der Waals surface area contributed by atoms with Crippen LogP contribution in [0.3, 0.4) is 0 Å². The van der Waals surface area contributed by atoms with Crippen molar-refractivity contribution in [3.63, 3.8) is 0 Å². The first-order chi connectivity index (χ1) is 12.9. The Balaban J connectivity index is 1.60. The Morgan fingerprint density at radius 1 is 1.11 bits per heavy atom. The molecule has 1 aliphatic rings. The smallest absolute Gasteiger partial charge is 0.266 e. The van der Waals surface area contributed by atoms with Crippen molar-refractivity contribution in [3.05, 3.63) is 58.0 Å². The van der Waals surface area contributed by atoms with E-state index in [1.165, 1.54) is 39.3 Å². The van der Waals surface area contributed by atoms with Crippen molar-refractivity contribution >= 4 is 15.9 Å². The maximum absolute atomic E-state index is 12.5. The first kappa shape index (κ1) is 19.2. The molecule has 1 N–H and O–H groups in total. The number of benzene rings is 1. The maximum Gasteiger partial charge on any atom is 0.266 e. The minimum absolute atomic E-state index is 0.191. The van der Waals surface area contributed by atoms with E-state index in [9.17, 15) is 18.0 Å². The van der Waals surface area contributed by atoms with Crippen LogP contribution in [0.4, 0.5) is 0 Å². The molecule has 27 heavy (non-hydrogen) atoms.